The van der Waals surface area contributed by atoms with Crippen LogP contribution in [0.4, 0.5) is 5.00 Å². The van der Waals surface area contributed by atoms with Crippen molar-refractivity contribution in [1.82, 2.24) is 14.8 Å². The van der Waals surface area contributed by atoms with Crippen LogP contribution >= 0.6 is 38.9 Å². The van der Waals surface area contributed by atoms with E-state index in [1.165, 1.54) is 29.2 Å². The Bertz CT molecular complexity index is 956. The highest BCUT2D eigenvalue weighted by Crippen LogP contribution is 2.26. The number of amides is 1. The van der Waals surface area contributed by atoms with Gasteiger partial charge in [-0.3, -0.25) is 4.79 Å². The summed E-state index contributed by atoms with van der Waals surface area (Å²) in [5, 5.41) is 9.31. The minimum absolute atomic E-state index is 0.205. The Hall–Kier alpha value is -2.23. The van der Waals surface area contributed by atoms with Crippen molar-refractivity contribution in [3.63, 3.8) is 0 Å². The third-order valence-corrected chi connectivity index (χ3v) is 4.66. The summed E-state index contributed by atoms with van der Waals surface area (Å²) >= 11 is 10.6. The number of ether oxygens (including phenoxy) is 1. The van der Waals surface area contributed by atoms with E-state index >= 15 is 0 Å². The Balaban J connectivity index is 1.96. The number of rotatable bonds is 4. The number of anilines is 1. The molecule has 10 heteroatoms. The van der Waals surface area contributed by atoms with Crippen LogP contribution in [0.2, 0.25) is 5.02 Å². The van der Waals surface area contributed by atoms with Crippen molar-refractivity contribution in [2.24, 2.45) is 0 Å². The molecular formula is C15H10BrClN4O3S. The number of nitrogens with zero attached hydrogens (tertiary/aromatic N) is 3. The maximum absolute atomic E-state index is 12.7. The number of aromatic nitrogens is 3. The van der Waals surface area contributed by atoms with Gasteiger partial charge in [-0.05, 0) is 39.5 Å². The number of carbonyl (C=O) groups is 2. The summed E-state index contributed by atoms with van der Waals surface area (Å²) in [7, 11) is 1.28. The van der Waals surface area contributed by atoms with Crippen LogP contribution in [0.25, 0.3) is 5.82 Å². The van der Waals surface area contributed by atoms with E-state index in [0.717, 1.165) is 0 Å². The lowest BCUT2D eigenvalue weighted by Crippen LogP contribution is -2.18. The first-order valence-electron chi connectivity index (χ1n) is 6.85. The van der Waals surface area contributed by atoms with Crippen LogP contribution in [-0.2, 0) is 4.74 Å². The average Bonchev–Trinajstić information content (AvgIpc) is 3.21. The fourth-order valence-corrected chi connectivity index (χ4v) is 3.40. The van der Waals surface area contributed by atoms with E-state index in [-0.39, 0.29) is 11.3 Å². The molecule has 128 valence electrons. The van der Waals surface area contributed by atoms with Gasteiger partial charge in [-0.15, -0.1) is 11.3 Å². The average molecular weight is 442 g/mol. The van der Waals surface area contributed by atoms with Crippen LogP contribution in [0.1, 0.15) is 20.8 Å². The molecule has 1 amide bonds. The second kappa shape index (κ2) is 7.34. The lowest BCUT2D eigenvalue weighted by atomic mass is 10.3. The highest BCUT2D eigenvalue weighted by atomic mass is 79.9. The summed E-state index contributed by atoms with van der Waals surface area (Å²) in [5.41, 5.74) is 0.485. The highest BCUT2D eigenvalue weighted by molar-refractivity contribution is 9.10. The van der Waals surface area contributed by atoms with Crippen molar-refractivity contribution in [3.05, 3.63) is 56.7 Å². The van der Waals surface area contributed by atoms with E-state index in [2.05, 4.69) is 31.3 Å². The Morgan fingerprint density at radius 3 is 2.92 bits per heavy atom. The zero-order chi connectivity index (χ0) is 18.0. The molecule has 0 atom stereocenters. The van der Waals surface area contributed by atoms with Gasteiger partial charge in [0.25, 0.3) is 5.91 Å². The molecule has 0 aromatic carbocycles. The predicted molar refractivity (Wildman–Crippen MR) is 97.7 cm³/mol. The normalized spacial score (nSPS) is 10.5. The molecule has 0 spiro atoms. The van der Waals surface area contributed by atoms with Crippen molar-refractivity contribution >= 4 is 55.7 Å². The zero-order valence-corrected chi connectivity index (χ0v) is 15.9. The summed E-state index contributed by atoms with van der Waals surface area (Å²) in [6.07, 6.45) is 1.55. The van der Waals surface area contributed by atoms with Gasteiger partial charge in [0, 0.05) is 12.3 Å². The van der Waals surface area contributed by atoms with Gasteiger partial charge in [-0.1, -0.05) is 11.6 Å². The van der Waals surface area contributed by atoms with Gasteiger partial charge in [0.05, 0.1) is 17.7 Å². The second-order valence-electron chi connectivity index (χ2n) is 4.68. The maximum Gasteiger partial charge on any atom is 0.340 e. The lowest BCUT2D eigenvalue weighted by molar-refractivity contribution is 0.0602. The fourth-order valence-electron chi connectivity index (χ4n) is 2.05. The Morgan fingerprint density at radius 1 is 1.40 bits per heavy atom. The van der Waals surface area contributed by atoms with E-state index in [9.17, 15) is 9.59 Å². The van der Waals surface area contributed by atoms with Gasteiger partial charge in [0.2, 0.25) is 0 Å². The SMILES string of the molecule is COC(=O)c1ccsc1NC(=O)c1cc(Br)nn1-c1ncccc1Cl. The number of halogens is 2. The summed E-state index contributed by atoms with van der Waals surface area (Å²) < 4.78 is 6.47. The molecule has 0 aliphatic heterocycles. The number of hydrogen-bond donors (Lipinski definition) is 1. The minimum Gasteiger partial charge on any atom is -0.465 e. The molecule has 0 saturated carbocycles. The Morgan fingerprint density at radius 2 is 2.20 bits per heavy atom. The number of esters is 1. The predicted octanol–water partition coefficient (Wildman–Crippen LogP) is 3.78. The Kier molecular flexibility index (Phi) is 5.16. The molecule has 3 aromatic heterocycles. The van der Waals surface area contributed by atoms with Crippen LogP contribution < -0.4 is 5.32 Å². The maximum atomic E-state index is 12.7. The molecule has 7 nitrogen and oxygen atoms in total. The standard InChI is InChI=1S/C15H10BrClN4O3S/c1-24-15(23)8-4-6-25-14(8)19-13(22)10-7-11(16)20-21(10)12-9(17)3-2-5-18-12/h2-7H,1H3,(H,19,22). The summed E-state index contributed by atoms with van der Waals surface area (Å²) in [6.45, 7) is 0. The number of carbonyl (C=O) groups excluding carboxylic acids is 2. The van der Waals surface area contributed by atoms with E-state index in [0.29, 0.717) is 20.4 Å². The number of hydrogen-bond acceptors (Lipinski definition) is 6. The van der Waals surface area contributed by atoms with Gasteiger partial charge in [0.1, 0.15) is 15.3 Å². The topological polar surface area (TPSA) is 86.1 Å². The molecule has 25 heavy (non-hydrogen) atoms. The van der Waals surface area contributed by atoms with E-state index in [1.54, 1.807) is 29.8 Å². The summed E-state index contributed by atoms with van der Waals surface area (Å²) in [6, 6.07) is 6.44. The van der Waals surface area contributed by atoms with E-state index in [1.807, 2.05) is 0 Å². The van der Waals surface area contributed by atoms with Gasteiger partial charge in [0.15, 0.2) is 5.82 Å². The quantitative estimate of drug-likeness (QED) is 0.623. The van der Waals surface area contributed by atoms with E-state index < -0.39 is 11.9 Å². The van der Waals surface area contributed by atoms with Gasteiger partial charge in [-0.2, -0.15) is 5.10 Å². The molecule has 0 unspecified atom stereocenters. The summed E-state index contributed by atoms with van der Waals surface area (Å²) in [4.78, 5) is 28.6. The molecule has 0 radical (unpaired) electrons. The Labute approximate surface area is 159 Å². The van der Waals surface area contributed by atoms with Crippen molar-refractivity contribution in [3.8, 4) is 5.82 Å². The van der Waals surface area contributed by atoms with Crippen LogP contribution in [-0.4, -0.2) is 33.8 Å². The fraction of sp³-hybridized carbons (Fsp3) is 0.0667. The first-order valence-corrected chi connectivity index (χ1v) is 8.90. The van der Waals surface area contributed by atoms with Crippen LogP contribution in [0.3, 0.4) is 0 Å². The summed E-state index contributed by atoms with van der Waals surface area (Å²) in [5.74, 6) is -0.675. The molecule has 3 rings (SSSR count). The smallest absolute Gasteiger partial charge is 0.340 e. The third-order valence-electron chi connectivity index (χ3n) is 3.15. The van der Waals surface area contributed by atoms with Gasteiger partial charge >= 0.3 is 5.97 Å². The first kappa shape index (κ1) is 17.6. The largest absolute Gasteiger partial charge is 0.465 e. The molecule has 0 saturated heterocycles. The zero-order valence-electron chi connectivity index (χ0n) is 12.7. The van der Waals surface area contributed by atoms with E-state index in [4.69, 9.17) is 16.3 Å². The van der Waals surface area contributed by atoms with Crippen molar-refractivity contribution in [2.45, 2.75) is 0 Å². The molecule has 0 aliphatic rings. The lowest BCUT2D eigenvalue weighted by Gasteiger charge is -2.08. The number of nitrogens with one attached hydrogen (secondary N) is 1. The number of thiophene rings is 1. The van der Waals surface area contributed by atoms with Crippen molar-refractivity contribution in [1.29, 1.82) is 0 Å². The van der Waals surface area contributed by atoms with Crippen LogP contribution in [0, 0.1) is 0 Å². The molecule has 1 N–H and O–H groups in total. The van der Waals surface area contributed by atoms with Crippen LogP contribution in [0.15, 0.2) is 40.4 Å². The third kappa shape index (κ3) is 3.58. The number of pyridine rings is 1. The molecular weight excluding hydrogens is 432 g/mol. The minimum atomic E-state index is -0.529. The highest BCUT2D eigenvalue weighted by Gasteiger charge is 2.21. The molecule has 0 aliphatic carbocycles. The second-order valence-corrected chi connectivity index (χ2v) is 6.82. The first-order chi connectivity index (χ1) is 12.0. The molecule has 3 aromatic rings. The molecule has 0 bridgehead atoms. The van der Waals surface area contributed by atoms with Crippen LogP contribution in [0.5, 0.6) is 0 Å². The molecule has 0 fully saturated rings. The van der Waals surface area contributed by atoms with Crippen molar-refractivity contribution < 1.29 is 14.3 Å². The molecule has 3 heterocycles. The van der Waals surface area contributed by atoms with Crippen molar-refractivity contribution in [2.75, 3.05) is 12.4 Å². The number of methoxy groups -OCH3 is 1. The monoisotopic (exact) mass is 440 g/mol. The van der Waals surface area contributed by atoms with Gasteiger partial charge in [-0.25, -0.2) is 14.5 Å². The van der Waals surface area contributed by atoms with Gasteiger partial charge < -0.3 is 10.1 Å².